The van der Waals surface area contributed by atoms with Gasteiger partial charge in [0.05, 0.1) is 24.3 Å². The Kier molecular flexibility index (Phi) is 4.62. The maximum Gasteiger partial charge on any atom is 0.274 e. The van der Waals surface area contributed by atoms with E-state index in [0.717, 1.165) is 11.1 Å². The fourth-order valence-corrected chi connectivity index (χ4v) is 2.65. The van der Waals surface area contributed by atoms with E-state index in [0.29, 0.717) is 28.5 Å². The molecule has 24 heavy (non-hydrogen) atoms. The monoisotopic (exact) mass is 341 g/mol. The summed E-state index contributed by atoms with van der Waals surface area (Å²) in [4.78, 5) is 22.9. The number of nitrogens with zero attached hydrogens (tertiary/aromatic N) is 3. The molecule has 0 aliphatic heterocycles. The minimum atomic E-state index is -0.213. The fourth-order valence-electron chi connectivity index (χ4n) is 2.45. The van der Waals surface area contributed by atoms with Crippen LogP contribution >= 0.6 is 11.6 Å². The van der Waals surface area contributed by atoms with Gasteiger partial charge in [-0.2, -0.15) is 0 Å². The van der Waals surface area contributed by atoms with Crippen LogP contribution < -0.4 is 4.74 Å². The molecule has 5 nitrogen and oxygen atoms in total. The van der Waals surface area contributed by atoms with E-state index >= 15 is 0 Å². The number of hydrogen-bond donors (Lipinski definition) is 0. The van der Waals surface area contributed by atoms with Crippen molar-refractivity contribution in [3.8, 4) is 5.75 Å². The molecular formula is C18H16ClN3O2. The van der Waals surface area contributed by atoms with Crippen LogP contribution in [0.3, 0.4) is 0 Å². The Hall–Kier alpha value is -2.66. The lowest BCUT2D eigenvalue weighted by molar-refractivity contribution is 0.0778. The van der Waals surface area contributed by atoms with Crippen LogP contribution in [0.1, 0.15) is 16.1 Å². The summed E-state index contributed by atoms with van der Waals surface area (Å²) in [6.45, 7) is 0.358. The van der Waals surface area contributed by atoms with Crippen LogP contribution in [0.25, 0.3) is 11.0 Å². The molecule has 0 saturated heterocycles. The summed E-state index contributed by atoms with van der Waals surface area (Å²) in [5.74, 6) is 0.471. The first kappa shape index (κ1) is 16.2. The Morgan fingerprint density at radius 1 is 1.21 bits per heavy atom. The standard InChI is InChI=1S/C18H16ClN3O2/c1-22(11-12-9-13(19)7-8-17(12)24-2)18(23)16-10-20-14-5-3-4-6-15(14)21-16/h3-10H,11H2,1-2H3. The second-order valence-corrected chi connectivity index (χ2v) is 5.80. The Morgan fingerprint density at radius 2 is 1.96 bits per heavy atom. The third-order valence-electron chi connectivity index (χ3n) is 3.66. The number of benzene rings is 2. The van der Waals surface area contributed by atoms with E-state index in [1.54, 1.807) is 37.3 Å². The Labute approximate surface area is 144 Å². The van der Waals surface area contributed by atoms with Gasteiger partial charge in [0.25, 0.3) is 5.91 Å². The van der Waals surface area contributed by atoms with Gasteiger partial charge in [-0.25, -0.2) is 4.98 Å². The molecule has 1 aromatic heterocycles. The van der Waals surface area contributed by atoms with Gasteiger partial charge in [0, 0.05) is 24.2 Å². The predicted octanol–water partition coefficient (Wildman–Crippen LogP) is 3.56. The molecule has 2 aromatic carbocycles. The maximum absolute atomic E-state index is 12.6. The van der Waals surface area contributed by atoms with Crippen LogP contribution in [0.2, 0.25) is 5.02 Å². The smallest absolute Gasteiger partial charge is 0.274 e. The van der Waals surface area contributed by atoms with Crippen molar-refractivity contribution in [2.24, 2.45) is 0 Å². The number of ether oxygens (including phenoxy) is 1. The van der Waals surface area contributed by atoms with E-state index in [1.807, 2.05) is 24.3 Å². The van der Waals surface area contributed by atoms with Crippen molar-refractivity contribution in [1.82, 2.24) is 14.9 Å². The predicted molar refractivity (Wildman–Crippen MR) is 93.3 cm³/mol. The molecule has 0 atom stereocenters. The van der Waals surface area contributed by atoms with E-state index < -0.39 is 0 Å². The van der Waals surface area contributed by atoms with E-state index in [4.69, 9.17) is 16.3 Å². The number of halogens is 1. The second-order valence-electron chi connectivity index (χ2n) is 5.36. The normalized spacial score (nSPS) is 10.6. The first-order chi connectivity index (χ1) is 11.6. The van der Waals surface area contributed by atoms with Crippen molar-refractivity contribution in [3.63, 3.8) is 0 Å². The number of rotatable bonds is 4. The van der Waals surface area contributed by atoms with Crippen LogP contribution in [-0.4, -0.2) is 34.9 Å². The summed E-state index contributed by atoms with van der Waals surface area (Å²) in [6, 6.07) is 12.8. The van der Waals surface area contributed by atoms with Gasteiger partial charge in [0.15, 0.2) is 0 Å². The summed E-state index contributed by atoms with van der Waals surface area (Å²) in [6.07, 6.45) is 1.50. The maximum atomic E-state index is 12.6. The Bertz CT molecular complexity index is 898. The number of para-hydroxylation sites is 2. The molecular weight excluding hydrogens is 326 g/mol. The molecule has 3 aromatic rings. The minimum Gasteiger partial charge on any atom is -0.496 e. The van der Waals surface area contributed by atoms with E-state index in [1.165, 1.54) is 6.20 Å². The highest BCUT2D eigenvalue weighted by molar-refractivity contribution is 6.30. The number of carbonyl (C=O) groups excluding carboxylic acids is 1. The van der Waals surface area contributed by atoms with Crippen LogP contribution in [0.5, 0.6) is 5.75 Å². The van der Waals surface area contributed by atoms with Crippen LogP contribution in [0.15, 0.2) is 48.7 Å². The molecule has 3 rings (SSSR count). The summed E-state index contributed by atoms with van der Waals surface area (Å²) >= 11 is 6.04. The molecule has 0 fully saturated rings. The average Bonchev–Trinajstić information content (AvgIpc) is 2.61. The average molecular weight is 342 g/mol. The molecule has 0 unspecified atom stereocenters. The largest absolute Gasteiger partial charge is 0.496 e. The highest BCUT2D eigenvalue weighted by Gasteiger charge is 2.16. The lowest BCUT2D eigenvalue weighted by Gasteiger charge is -2.18. The molecule has 0 spiro atoms. The van der Waals surface area contributed by atoms with Gasteiger partial charge in [-0.1, -0.05) is 23.7 Å². The minimum absolute atomic E-state index is 0.213. The van der Waals surface area contributed by atoms with E-state index in [-0.39, 0.29) is 5.91 Å². The Morgan fingerprint density at radius 3 is 2.71 bits per heavy atom. The van der Waals surface area contributed by atoms with Crippen LogP contribution in [0, 0.1) is 0 Å². The highest BCUT2D eigenvalue weighted by Crippen LogP contribution is 2.24. The summed E-state index contributed by atoms with van der Waals surface area (Å²) < 4.78 is 5.32. The number of carbonyl (C=O) groups is 1. The molecule has 0 radical (unpaired) electrons. The topological polar surface area (TPSA) is 55.3 Å². The molecule has 1 heterocycles. The van der Waals surface area contributed by atoms with Crippen LogP contribution in [-0.2, 0) is 6.54 Å². The fraction of sp³-hybridized carbons (Fsp3) is 0.167. The van der Waals surface area contributed by atoms with Crippen LogP contribution in [0.4, 0.5) is 0 Å². The van der Waals surface area contributed by atoms with Crippen molar-refractivity contribution in [3.05, 3.63) is 64.9 Å². The molecule has 6 heteroatoms. The third-order valence-corrected chi connectivity index (χ3v) is 3.90. The van der Waals surface area contributed by atoms with Crippen molar-refractivity contribution in [1.29, 1.82) is 0 Å². The van der Waals surface area contributed by atoms with Crippen molar-refractivity contribution in [2.75, 3.05) is 14.2 Å². The number of methoxy groups -OCH3 is 1. The van der Waals surface area contributed by atoms with Crippen molar-refractivity contribution >= 4 is 28.5 Å². The highest BCUT2D eigenvalue weighted by atomic mass is 35.5. The van der Waals surface area contributed by atoms with Gasteiger partial charge in [0.2, 0.25) is 0 Å². The quantitative estimate of drug-likeness (QED) is 0.728. The second kappa shape index (κ2) is 6.84. The van der Waals surface area contributed by atoms with Gasteiger partial charge in [-0.05, 0) is 30.3 Å². The first-order valence-electron chi connectivity index (χ1n) is 7.38. The molecule has 1 amide bonds. The summed E-state index contributed by atoms with van der Waals surface area (Å²) in [5, 5.41) is 0.595. The van der Waals surface area contributed by atoms with Gasteiger partial charge < -0.3 is 9.64 Å². The lowest BCUT2D eigenvalue weighted by atomic mass is 10.2. The molecule has 122 valence electrons. The molecule has 0 N–H and O–H groups in total. The zero-order valence-electron chi connectivity index (χ0n) is 13.4. The van der Waals surface area contributed by atoms with Gasteiger partial charge >= 0.3 is 0 Å². The lowest BCUT2D eigenvalue weighted by Crippen LogP contribution is -2.27. The summed E-state index contributed by atoms with van der Waals surface area (Å²) in [7, 11) is 3.29. The first-order valence-corrected chi connectivity index (χ1v) is 7.76. The molecule has 0 bridgehead atoms. The Balaban J connectivity index is 1.85. The van der Waals surface area contributed by atoms with E-state index in [2.05, 4.69) is 9.97 Å². The zero-order valence-corrected chi connectivity index (χ0v) is 14.1. The van der Waals surface area contributed by atoms with Gasteiger partial charge in [0.1, 0.15) is 11.4 Å². The van der Waals surface area contributed by atoms with E-state index in [9.17, 15) is 4.79 Å². The molecule has 0 aliphatic carbocycles. The number of amides is 1. The molecule has 0 aliphatic rings. The third kappa shape index (κ3) is 3.31. The van der Waals surface area contributed by atoms with Gasteiger partial charge in [-0.3, -0.25) is 9.78 Å². The number of fused-ring (bicyclic) bond motifs is 1. The van der Waals surface area contributed by atoms with Crippen molar-refractivity contribution in [2.45, 2.75) is 6.54 Å². The van der Waals surface area contributed by atoms with Gasteiger partial charge in [-0.15, -0.1) is 0 Å². The number of hydrogen-bond acceptors (Lipinski definition) is 4. The van der Waals surface area contributed by atoms with Crippen molar-refractivity contribution < 1.29 is 9.53 Å². The molecule has 0 saturated carbocycles. The summed E-state index contributed by atoms with van der Waals surface area (Å²) in [5.41, 5.74) is 2.58. The number of aromatic nitrogens is 2. The SMILES string of the molecule is COc1ccc(Cl)cc1CN(C)C(=O)c1cnc2ccccc2n1. The zero-order chi connectivity index (χ0) is 17.1.